The van der Waals surface area contributed by atoms with Gasteiger partial charge in [0, 0.05) is 6.07 Å². The quantitative estimate of drug-likeness (QED) is 0.384. The van der Waals surface area contributed by atoms with E-state index in [1.54, 1.807) is 36.4 Å². The smallest absolute Gasteiger partial charge is 0.266 e. The summed E-state index contributed by atoms with van der Waals surface area (Å²) < 4.78 is 17.1. The van der Waals surface area contributed by atoms with E-state index in [1.807, 2.05) is 62.4 Å². The summed E-state index contributed by atoms with van der Waals surface area (Å²) in [7, 11) is 1.54. The Morgan fingerprint density at radius 1 is 0.838 bits per heavy atom. The maximum absolute atomic E-state index is 13.9. The maximum Gasteiger partial charge on any atom is 0.266 e. The molecule has 2 saturated heterocycles. The predicted octanol–water partition coefficient (Wildman–Crippen LogP) is 4.93. The summed E-state index contributed by atoms with van der Waals surface area (Å²) in [5.74, 6) is 0.307. The average molecular weight is 503 g/mol. The van der Waals surface area contributed by atoms with Crippen LogP contribution in [0, 0.1) is 5.92 Å². The summed E-state index contributed by atoms with van der Waals surface area (Å²) >= 11 is 0. The number of nitrogens with zero attached hydrogens (tertiary/aromatic N) is 2. The van der Waals surface area contributed by atoms with Gasteiger partial charge in [0.15, 0.2) is 17.6 Å². The number of para-hydroxylation sites is 1. The third-order valence-electron chi connectivity index (χ3n) is 6.51. The largest absolute Gasteiger partial charge is 0.497 e. The van der Waals surface area contributed by atoms with E-state index < -0.39 is 24.0 Å². The number of amides is 2. The second-order valence-corrected chi connectivity index (χ2v) is 8.86. The second kappa shape index (κ2) is 10.5. The normalized spacial score (nSPS) is 20.8. The molecule has 0 saturated carbocycles. The number of carbonyl (C=O) groups excluding carboxylic acids is 2. The Bertz CT molecular complexity index is 1280. The van der Waals surface area contributed by atoms with Gasteiger partial charge >= 0.3 is 0 Å². The molecule has 0 radical (unpaired) electrons. The summed E-state index contributed by atoms with van der Waals surface area (Å²) in [6.45, 7) is 4.98. The van der Waals surface area contributed by atoms with Crippen LogP contribution < -0.4 is 24.2 Å². The van der Waals surface area contributed by atoms with E-state index >= 15 is 0 Å². The number of hydrogen-bond acceptors (Lipinski definition) is 7. The van der Waals surface area contributed by atoms with Gasteiger partial charge in [-0.2, -0.15) is 0 Å². The lowest BCUT2D eigenvalue weighted by atomic mass is 9.90. The zero-order valence-corrected chi connectivity index (χ0v) is 21.1. The Balaban J connectivity index is 1.57. The minimum absolute atomic E-state index is 0.323. The summed E-state index contributed by atoms with van der Waals surface area (Å²) in [5, 5.41) is 1.67. The summed E-state index contributed by atoms with van der Waals surface area (Å²) in [6, 6.07) is 21.5. The van der Waals surface area contributed by atoms with Gasteiger partial charge in [0.05, 0.1) is 37.7 Å². The number of methoxy groups -OCH3 is 1. The molecule has 0 bridgehead atoms. The summed E-state index contributed by atoms with van der Waals surface area (Å²) in [4.78, 5) is 34.9. The van der Waals surface area contributed by atoms with E-state index in [2.05, 4.69) is 0 Å². The molecule has 0 N–H and O–H groups in total. The monoisotopic (exact) mass is 502 g/mol. The Morgan fingerprint density at radius 2 is 1.62 bits per heavy atom. The first kappa shape index (κ1) is 24.6. The van der Waals surface area contributed by atoms with Gasteiger partial charge in [0.2, 0.25) is 5.91 Å². The number of imide groups is 1. The Labute approximate surface area is 216 Å². The average Bonchev–Trinajstić information content (AvgIpc) is 3.44. The van der Waals surface area contributed by atoms with Crippen LogP contribution in [0.5, 0.6) is 17.2 Å². The van der Waals surface area contributed by atoms with Crippen LogP contribution in [-0.2, 0) is 14.4 Å². The number of benzene rings is 3. The molecule has 0 spiro atoms. The highest BCUT2D eigenvalue weighted by atomic mass is 16.7. The molecule has 2 aliphatic heterocycles. The molecule has 8 nitrogen and oxygen atoms in total. The number of anilines is 2. The van der Waals surface area contributed by atoms with Crippen molar-refractivity contribution < 1.29 is 28.6 Å². The van der Waals surface area contributed by atoms with Gasteiger partial charge in [-0.3, -0.25) is 14.4 Å². The minimum atomic E-state index is -0.963. The fourth-order valence-electron chi connectivity index (χ4n) is 4.86. The van der Waals surface area contributed by atoms with Gasteiger partial charge in [-0.25, -0.2) is 9.96 Å². The first-order chi connectivity index (χ1) is 18.1. The standard InChI is InChI=1S/C29H30N2O6/c1-4-16-36-23-15-14-19(17-24(23)35-5-2)26-25-27(37-31(26)20-10-7-6-8-11-20)29(33)30(28(25)32)21-12-9-13-22(18-21)34-3/h6-15,17-18,25-27H,4-5,16H2,1-3H3/t25-,26+,27+/m1/s1. The SMILES string of the molecule is CCCOc1ccc([C@H]2[C@H]3C(=O)N(c4cccc(OC)c4)C(=O)[C@H]3ON2c2ccccc2)cc1OCC. The van der Waals surface area contributed by atoms with Gasteiger partial charge in [-0.15, -0.1) is 0 Å². The fourth-order valence-corrected chi connectivity index (χ4v) is 4.86. The first-order valence-electron chi connectivity index (χ1n) is 12.5. The van der Waals surface area contributed by atoms with Gasteiger partial charge in [0.25, 0.3) is 5.91 Å². The van der Waals surface area contributed by atoms with Crippen LogP contribution in [0.2, 0.25) is 0 Å². The van der Waals surface area contributed by atoms with Crippen LogP contribution >= 0.6 is 0 Å². The molecule has 3 aromatic rings. The molecule has 5 rings (SSSR count). The molecule has 0 unspecified atom stereocenters. The lowest BCUT2D eigenvalue weighted by Gasteiger charge is -2.29. The van der Waals surface area contributed by atoms with Crippen LogP contribution in [-0.4, -0.2) is 38.2 Å². The van der Waals surface area contributed by atoms with Gasteiger partial charge in [0.1, 0.15) is 11.7 Å². The Kier molecular flexibility index (Phi) is 7.01. The molecule has 3 aromatic carbocycles. The van der Waals surface area contributed by atoms with Crippen molar-refractivity contribution in [2.75, 3.05) is 30.3 Å². The Morgan fingerprint density at radius 3 is 2.35 bits per heavy atom. The van der Waals surface area contributed by atoms with Crippen molar-refractivity contribution in [1.29, 1.82) is 0 Å². The van der Waals surface area contributed by atoms with Crippen LogP contribution in [0.3, 0.4) is 0 Å². The molecule has 0 aromatic heterocycles. The molecule has 2 amide bonds. The van der Waals surface area contributed by atoms with E-state index in [1.165, 1.54) is 4.90 Å². The molecule has 3 atom stereocenters. The highest BCUT2D eigenvalue weighted by molar-refractivity contribution is 6.24. The molecule has 0 aliphatic carbocycles. The highest BCUT2D eigenvalue weighted by Crippen LogP contribution is 2.49. The number of fused-ring (bicyclic) bond motifs is 1. The van der Waals surface area contributed by atoms with Crippen molar-refractivity contribution in [1.82, 2.24) is 0 Å². The molecule has 37 heavy (non-hydrogen) atoms. The maximum atomic E-state index is 13.9. The van der Waals surface area contributed by atoms with Crippen molar-refractivity contribution in [2.24, 2.45) is 5.92 Å². The lowest BCUT2D eigenvalue weighted by molar-refractivity contribution is -0.126. The van der Waals surface area contributed by atoms with Gasteiger partial charge in [-0.1, -0.05) is 37.3 Å². The third kappa shape index (κ3) is 4.49. The molecular weight excluding hydrogens is 472 g/mol. The third-order valence-corrected chi connectivity index (χ3v) is 6.51. The van der Waals surface area contributed by atoms with Crippen LogP contribution in [0.15, 0.2) is 72.8 Å². The van der Waals surface area contributed by atoms with Crippen molar-refractivity contribution in [2.45, 2.75) is 32.4 Å². The van der Waals surface area contributed by atoms with Gasteiger partial charge in [-0.05, 0) is 55.3 Å². The zero-order chi connectivity index (χ0) is 25.9. The molecule has 2 heterocycles. The van der Waals surface area contributed by atoms with Crippen LogP contribution in [0.25, 0.3) is 0 Å². The highest BCUT2D eigenvalue weighted by Gasteiger charge is 2.60. The van der Waals surface area contributed by atoms with Crippen LogP contribution in [0.1, 0.15) is 31.9 Å². The molecule has 8 heteroatoms. The van der Waals surface area contributed by atoms with Crippen LogP contribution in [0.4, 0.5) is 11.4 Å². The number of carbonyl (C=O) groups is 2. The molecule has 2 fully saturated rings. The van der Waals surface area contributed by atoms with E-state index in [0.717, 1.165) is 17.7 Å². The minimum Gasteiger partial charge on any atom is -0.497 e. The number of rotatable bonds is 9. The zero-order valence-electron chi connectivity index (χ0n) is 21.1. The molecule has 2 aliphatic rings. The van der Waals surface area contributed by atoms with E-state index in [-0.39, 0.29) is 5.91 Å². The van der Waals surface area contributed by atoms with E-state index in [0.29, 0.717) is 36.1 Å². The fraction of sp³-hybridized carbons (Fsp3) is 0.310. The van der Waals surface area contributed by atoms with Crippen molar-refractivity contribution in [3.05, 3.63) is 78.4 Å². The van der Waals surface area contributed by atoms with Crippen molar-refractivity contribution >= 4 is 23.2 Å². The van der Waals surface area contributed by atoms with E-state index in [4.69, 9.17) is 19.0 Å². The number of ether oxygens (including phenoxy) is 3. The number of hydroxylamine groups is 1. The Hall–Kier alpha value is -4.04. The topological polar surface area (TPSA) is 77.5 Å². The molecule has 192 valence electrons. The first-order valence-corrected chi connectivity index (χ1v) is 12.5. The van der Waals surface area contributed by atoms with E-state index in [9.17, 15) is 9.59 Å². The summed E-state index contributed by atoms with van der Waals surface area (Å²) in [6.07, 6.45) is -0.0954. The predicted molar refractivity (Wildman–Crippen MR) is 139 cm³/mol. The van der Waals surface area contributed by atoms with Crippen molar-refractivity contribution in [3.8, 4) is 17.2 Å². The van der Waals surface area contributed by atoms with Crippen molar-refractivity contribution in [3.63, 3.8) is 0 Å². The lowest BCUT2D eigenvalue weighted by Crippen LogP contribution is -2.37. The van der Waals surface area contributed by atoms with Gasteiger partial charge < -0.3 is 14.2 Å². The summed E-state index contributed by atoms with van der Waals surface area (Å²) in [5.41, 5.74) is 1.99. The molecular formula is C29H30N2O6. The number of hydrogen-bond donors (Lipinski definition) is 0. The second-order valence-electron chi connectivity index (χ2n) is 8.86.